The van der Waals surface area contributed by atoms with Gasteiger partial charge in [-0.25, -0.2) is 0 Å². The Morgan fingerprint density at radius 1 is 1.14 bits per heavy atom. The molecule has 0 bridgehead atoms. The van der Waals surface area contributed by atoms with E-state index in [0.29, 0.717) is 18.2 Å². The van der Waals surface area contributed by atoms with E-state index in [1.54, 1.807) is 7.11 Å². The number of anilines is 1. The molecular weight excluding hydrogens is 296 g/mol. The van der Waals surface area contributed by atoms with Gasteiger partial charge in [0.25, 0.3) is 0 Å². The average Bonchev–Trinajstić information content (AvgIpc) is 2.56. The second-order valence-corrected chi connectivity index (χ2v) is 5.15. The summed E-state index contributed by atoms with van der Waals surface area (Å²) < 4.78 is 5.31. The minimum absolute atomic E-state index is 0.0422. The van der Waals surface area contributed by atoms with Crippen molar-refractivity contribution in [3.8, 4) is 5.75 Å². The molecule has 2 aromatic carbocycles. The largest absolute Gasteiger partial charge is 0.495 e. The van der Waals surface area contributed by atoms with Crippen LogP contribution in [0.1, 0.15) is 5.56 Å². The van der Waals surface area contributed by atoms with E-state index in [2.05, 4.69) is 5.32 Å². The lowest BCUT2D eigenvalue weighted by atomic mass is 10.2. The van der Waals surface area contributed by atoms with Crippen LogP contribution in [0.15, 0.2) is 54.6 Å². The third-order valence-electron chi connectivity index (χ3n) is 3.22. The molecule has 0 saturated carbocycles. The van der Waals surface area contributed by atoms with Crippen LogP contribution in [0.4, 0.5) is 5.69 Å². The monoisotopic (exact) mass is 316 g/mol. The number of thiocarbonyl (C=S) groups is 1. The zero-order valence-electron chi connectivity index (χ0n) is 12.5. The van der Waals surface area contributed by atoms with Gasteiger partial charge >= 0.3 is 0 Å². The normalized spacial score (nSPS) is 10.1. The summed E-state index contributed by atoms with van der Waals surface area (Å²) in [6.45, 7) is 1.15. The predicted octanol–water partition coefficient (Wildman–Crippen LogP) is 2.89. The number of methoxy groups -OCH3 is 1. The molecule has 0 aliphatic rings. The summed E-state index contributed by atoms with van der Waals surface area (Å²) in [5.41, 5.74) is 1.95. The van der Waals surface area contributed by atoms with Gasteiger partial charge in [-0.2, -0.15) is 0 Å². The Morgan fingerprint density at radius 2 is 1.82 bits per heavy atom. The first-order valence-electron chi connectivity index (χ1n) is 7.08. The molecule has 0 aromatic heterocycles. The number of aliphatic hydroxyl groups excluding tert-OH is 1. The average molecular weight is 316 g/mol. The first kappa shape index (κ1) is 16.3. The quantitative estimate of drug-likeness (QED) is 0.802. The maximum atomic E-state index is 9.28. The lowest BCUT2D eigenvalue weighted by molar-refractivity contribution is 0.248. The van der Waals surface area contributed by atoms with Gasteiger partial charge in [-0.05, 0) is 29.9 Å². The second-order valence-electron chi connectivity index (χ2n) is 4.76. The maximum Gasteiger partial charge on any atom is 0.173 e. The Hall–Kier alpha value is -2.11. The van der Waals surface area contributed by atoms with Crippen LogP contribution >= 0.6 is 12.2 Å². The molecule has 0 aliphatic carbocycles. The highest BCUT2D eigenvalue weighted by molar-refractivity contribution is 7.80. The van der Waals surface area contributed by atoms with Crippen molar-refractivity contribution in [3.63, 3.8) is 0 Å². The number of hydrogen-bond donors (Lipinski definition) is 2. The Balaban J connectivity index is 2.09. The number of ether oxygens (including phenoxy) is 1. The minimum atomic E-state index is 0.0422. The summed E-state index contributed by atoms with van der Waals surface area (Å²) in [7, 11) is 1.62. The number of nitrogens with one attached hydrogen (secondary N) is 1. The molecule has 0 unspecified atom stereocenters. The minimum Gasteiger partial charge on any atom is -0.495 e. The van der Waals surface area contributed by atoms with Crippen LogP contribution in [-0.4, -0.2) is 35.4 Å². The van der Waals surface area contributed by atoms with Gasteiger partial charge in [0.2, 0.25) is 0 Å². The first-order chi connectivity index (χ1) is 10.7. The molecule has 2 rings (SSSR count). The van der Waals surface area contributed by atoms with E-state index >= 15 is 0 Å². The van der Waals surface area contributed by atoms with E-state index < -0.39 is 0 Å². The smallest absolute Gasteiger partial charge is 0.173 e. The van der Waals surface area contributed by atoms with E-state index in [1.165, 1.54) is 0 Å². The zero-order valence-corrected chi connectivity index (χ0v) is 13.3. The van der Waals surface area contributed by atoms with Crippen molar-refractivity contribution in [2.75, 3.05) is 25.6 Å². The van der Waals surface area contributed by atoms with Crippen LogP contribution in [0.25, 0.3) is 0 Å². The summed E-state index contributed by atoms with van der Waals surface area (Å²) in [6, 6.07) is 17.6. The Labute approximate surface area is 136 Å². The van der Waals surface area contributed by atoms with Gasteiger partial charge in [-0.1, -0.05) is 42.5 Å². The summed E-state index contributed by atoms with van der Waals surface area (Å²) in [5, 5.41) is 13.0. The van der Waals surface area contributed by atoms with Gasteiger partial charge in [0.05, 0.1) is 19.4 Å². The maximum absolute atomic E-state index is 9.28. The summed E-state index contributed by atoms with van der Waals surface area (Å²) >= 11 is 5.48. The Bertz CT molecular complexity index is 605. The third kappa shape index (κ3) is 4.44. The topological polar surface area (TPSA) is 44.7 Å². The van der Waals surface area contributed by atoms with Crippen molar-refractivity contribution in [2.45, 2.75) is 6.54 Å². The Kier molecular flexibility index (Phi) is 6.18. The van der Waals surface area contributed by atoms with Crippen LogP contribution in [0.3, 0.4) is 0 Å². The van der Waals surface area contributed by atoms with E-state index in [4.69, 9.17) is 17.0 Å². The number of aliphatic hydroxyl groups is 1. The van der Waals surface area contributed by atoms with Crippen molar-refractivity contribution >= 4 is 23.0 Å². The fourth-order valence-electron chi connectivity index (χ4n) is 2.12. The van der Waals surface area contributed by atoms with Gasteiger partial charge < -0.3 is 20.1 Å². The molecule has 0 atom stereocenters. The van der Waals surface area contributed by atoms with E-state index in [-0.39, 0.29) is 6.61 Å². The van der Waals surface area contributed by atoms with Crippen molar-refractivity contribution in [1.29, 1.82) is 0 Å². The molecule has 0 heterocycles. The number of nitrogens with zero attached hydrogens (tertiary/aromatic N) is 1. The number of benzene rings is 2. The predicted molar refractivity (Wildman–Crippen MR) is 93.2 cm³/mol. The van der Waals surface area contributed by atoms with E-state index in [0.717, 1.165) is 17.0 Å². The third-order valence-corrected chi connectivity index (χ3v) is 3.58. The highest BCUT2D eigenvalue weighted by Crippen LogP contribution is 2.23. The molecule has 2 aromatic rings. The van der Waals surface area contributed by atoms with Crippen molar-refractivity contribution in [2.24, 2.45) is 0 Å². The van der Waals surface area contributed by atoms with E-state index in [9.17, 15) is 5.11 Å². The van der Waals surface area contributed by atoms with Gasteiger partial charge in [0.15, 0.2) is 5.11 Å². The molecule has 0 aliphatic heterocycles. The second kappa shape index (κ2) is 8.36. The SMILES string of the molecule is COc1ccccc1NC(=S)N(CCO)Cc1ccccc1. The molecule has 0 fully saturated rings. The lowest BCUT2D eigenvalue weighted by Crippen LogP contribution is -2.36. The molecule has 0 spiro atoms. The summed E-state index contributed by atoms with van der Waals surface area (Å²) in [4.78, 5) is 1.93. The molecule has 0 saturated heterocycles. The van der Waals surface area contributed by atoms with Crippen LogP contribution in [0.2, 0.25) is 0 Å². The zero-order chi connectivity index (χ0) is 15.8. The molecule has 0 amide bonds. The number of hydrogen-bond acceptors (Lipinski definition) is 3. The first-order valence-corrected chi connectivity index (χ1v) is 7.49. The van der Waals surface area contributed by atoms with Crippen LogP contribution in [-0.2, 0) is 6.54 Å². The molecular formula is C17H20N2O2S. The standard InChI is InChI=1S/C17H20N2O2S/c1-21-16-10-6-5-9-15(16)18-17(22)19(11-12-20)13-14-7-3-2-4-8-14/h2-10,20H,11-13H2,1H3,(H,18,22). The highest BCUT2D eigenvalue weighted by Gasteiger charge is 2.12. The molecule has 2 N–H and O–H groups in total. The highest BCUT2D eigenvalue weighted by atomic mass is 32.1. The fourth-order valence-corrected chi connectivity index (χ4v) is 2.38. The lowest BCUT2D eigenvalue weighted by Gasteiger charge is -2.25. The number of rotatable bonds is 6. The Morgan fingerprint density at radius 3 is 2.50 bits per heavy atom. The van der Waals surface area contributed by atoms with Crippen molar-refractivity contribution < 1.29 is 9.84 Å². The van der Waals surface area contributed by atoms with E-state index in [1.807, 2.05) is 59.5 Å². The fraction of sp³-hybridized carbons (Fsp3) is 0.235. The van der Waals surface area contributed by atoms with Gasteiger partial charge in [0, 0.05) is 13.1 Å². The van der Waals surface area contributed by atoms with Crippen molar-refractivity contribution in [3.05, 3.63) is 60.2 Å². The van der Waals surface area contributed by atoms with Gasteiger partial charge in [-0.3, -0.25) is 0 Å². The van der Waals surface area contributed by atoms with Crippen LogP contribution in [0, 0.1) is 0 Å². The molecule has 22 heavy (non-hydrogen) atoms. The van der Waals surface area contributed by atoms with Crippen molar-refractivity contribution in [1.82, 2.24) is 4.90 Å². The van der Waals surface area contributed by atoms with Crippen LogP contribution in [0.5, 0.6) is 5.75 Å². The molecule has 4 nitrogen and oxygen atoms in total. The summed E-state index contributed by atoms with van der Waals surface area (Å²) in [5.74, 6) is 0.730. The van der Waals surface area contributed by atoms with Crippen LogP contribution < -0.4 is 10.1 Å². The summed E-state index contributed by atoms with van der Waals surface area (Å²) in [6.07, 6.45) is 0. The molecule has 0 radical (unpaired) electrons. The van der Waals surface area contributed by atoms with Gasteiger partial charge in [0.1, 0.15) is 5.75 Å². The molecule has 116 valence electrons. The number of para-hydroxylation sites is 2. The van der Waals surface area contributed by atoms with Gasteiger partial charge in [-0.15, -0.1) is 0 Å². The molecule has 5 heteroatoms.